The van der Waals surface area contributed by atoms with Gasteiger partial charge >= 0.3 is 0 Å². The first-order valence-corrected chi connectivity index (χ1v) is 7.55. The van der Waals surface area contributed by atoms with Gasteiger partial charge in [0.1, 0.15) is 0 Å². The van der Waals surface area contributed by atoms with E-state index in [4.69, 9.17) is 0 Å². The van der Waals surface area contributed by atoms with Crippen LogP contribution in [0.25, 0.3) is 0 Å². The second-order valence-electron chi connectivity index (χ2n) is 5.53. The maximum Gasteiger partial charge on any atom is 0.281 e. The quantitative estimate of drug-likeness (QED) is 0.710. The SMILES string of the molecule is CNCCCN(C)S(=O)(=O)N1CCC(C)(C)C1. The second-order valence-corrected chi connectivity index (χ2v) is 7.57. The molecule has 102 valence electrons. The third-order valence-corrected chi connectivity index (χ3v) is 5.20. The van der Waals surface area contributed by atoms with E-state index in [2.05, 4.69) is 19.2 Å². The van der Waals surface area contributed by atoms with E-state index in [1.165, 1.54) is 4.31 Å². The average molecular weight is 263 g/mol. The molecule has 0 saturated carbocycles. The zero-order valence-electron chi connectivity index (χ0n) is 11.4. The van der Waals surface area contributed by atoms with Gasteiger partial charge in [0.15, 0.2) is 0 Å². The third-order valence-electron chi connectivity index (χ3n) is 3.26. The molecule has 1 rings (SSSR count). The highest BCUT2D eigenvalue weighted by Crippen LogP contribution is 2.31. The summed E-state index contributed by atoms with van der Waals surface area (Å²) in [5, 5.41) is 3.02. The molecule has 0 amide bonds. The monoisotopic (exact) mass is 263 g/mol. The van der Waals surface area contributed by atoms with Gasteiger partial charge < -0.3 is 5.32 Å². The largest absolute Gasteiger partial charge is 0.320 e. The third kappa shape index (κ3) is 3.91. The minimum atomic E-state index is -3.25. The van der Waals surface area contributed by atoms with Crippen LogP contribution in [0.5, 0.6) is 0 Å². The van der Waals surface area contributed by atoms with Crippen molar-refractivity contribution in [1.29, 1.82) is 0 Å². The molecule has 1 fully saturated rings. The summed E-state index contributed by atoms with van der Waals surface area (Å²) in [7, 11) is 0.284. The van der Waals surface area contributed by atoms with Gasteiger partial charge in [-0.1, -0.05) is 13.8 Å². The van der Waals surface area contributed by atoms with E-state index in [1.54, 1.807) is 11.4 Å². The van der Waals surface area contributed by atoms with Crippen LogP contribution < -0.4 is 5.32 Å². The molecule has 0 aromatic carbocycles. The van der Waals surface area contributed by atoms with E-state index >= 15 is 0 Å². The van der Waals surface area contributed by atoms with Crippen LogP contribution in [0, 0.1) is 5.41 Å². The van der Waals surface area contributed by atoms with E-state index in [0.29, 0.717) is 19.6 Å². The van der Waals surface area contributed by atoms with Gasteiger partial charge in [-0.25, -0.2) is 0 Å². The fourth-order valence-electron chi connectivity index (χ4n) is 2.05. The lowest BCUT2D eigenvalue weighted by Gasteiger charge is -2.25. The van der Waals surface area contributed by atoms with Gasteiger partial charge in [0, 0.05) is 26.7 Å². The number of nitrogens with zero attached hydrogens (tertiary/aromatic N) is 2. The Balaban J connectivity index is 2.56. The zero-order chi connectivity index (χ0) is 13.1. The van der Waals surface area contributed by atoms with E-state index in [0.717, 1.165) is 19.4 Å². The average Bonchev–Trinajstić information content (AvgIpc) is 2.59. The predicted molar refractivity (Wildman–Crippen MR) is 70.1 cm³/mol. The van der Waals surface area contributed by atoms with E-state index in [1.807, 2.05) is 7.05 Å². The zero-order valence-corrected chi connectivity index (χ0v) is 12.2. The fraction of sp³-hybridized carbons (Fsp3) is 1.00. The normalized spacial score (nSPS) is 21.2. The van der Waals surface area contributed by atoms with Gasteiger partial charge in [-0.3, -0.25) is 0 Å². The molecule has 17 heavy (non-hydrogen) atoms. The molecule has 6 heteroatoms. The van der Waals surface area contributed by atoms with Crippen LogP contribution in [-0.2, 0) is 10.2 Å². The van der Waals surface area contributed by atoms with Crippen LogP contribution in [0.2, 0.25) is 0 Å². The minimum Gasteiger partial charge on any atom is -0.320 e. The van der Waals surface area contributed by atoms with Gasteiger partial charge in [-0.2, -0.15) is 17.0 Å². The van der Waals surface area contributed by atoms with Crippen molar-refractivity contribution < 1.29 is 8.42 Å². The molecule has 0 atom stereocenters. The van der Waals surface area contributed by atoms with Gasteiger partial charge in [0.25, 0.3) is 10.2 Å². The van der Waals surface area contributed by atoms with Gasteiger partial charge in [0.05, 0.1) is 0 Å². The summed E-state index contributed by atoms with van der Waals surface area (Å²) < 4.78 is 27.6. The molecule has 0 bridgehead atoms. The first kappa shape index (κ1) is 14.9. The highest BCUT2D eigenvalue weighted by atomic mass is 32.2. The summed E-state index contributed by atoms with van der Waals surface area (Å²) in [6.45, 7) is 6.91. The van der Waals surface area contributed by atoms with E-state index in [9.17, 15) is 8.42 Å². The summed E-state index contributed by atoms with van der Waals surface area (Å²) in [6, 6.07) is 0. The van der Waals surface area contributed by atoms with Crippen molar-refractivity contribution in [3.05, 3.63) is 0 Å². The van der Waals surface area contributed by atoms with Crippen molar-refractivity contribution in [3.8, 4) is 0 Å². The predicted octanol–water partition coefficient (Wildman–Crippen LogP) is 0.504. The molecule has 1 aliphatic heterocycles. The van der Waals surface area contributed by atoms with Gasteiger partial charge in [0.2, 0.25) is 0 Å². The Hall–Kier alpha value is -0.170. The van der Waals surface area contributed by atoms with Crippen LogP contribution >= 0.6 is 0 Å². The fourth-order valence-corrected chi connectivity index (χ4v) is 3.64. The van der Waals surface area contributed by atoms with Crippen LogP contribution in [0.1, 0.15) is 26.7 Å². The highest BCUT2D eigenvalue weighted by Gasteiger charge is 2.37. The van der Waals surface area contributed by atoms with Crippen molar-refractivity contribution >= 4 is 10.2 Å². The van der Waals surface area contributed by atoms with E-state index < -0.39 is 10.2 Å². The summed E-state index contributed by atoms with van der Waals surface area (Å²) >= 11 is 0. The highest BCUT2D eigenvalue weighted by molar-refractivity contribution is 7.86. The Morgan fingerprint density at radius 2 is 2.06 bits per heavy atom. The van der Waals surface area contributed by atoms with Crippen LogP contribution in [0.15, 0.2) is 0 Å². The Morgan fingerprint density at radius 3 is 2.53 bits per heavy atom. The van der Waals surface area contributed by atoms with Gasteiger partial charge in [-0.05, 0) is 31.8 Å². The minimum absolute atomic E-state index is 0.110. The summed E-state index contributed by atoms with van der Waals surface area (Å²) in [4.78, 5) is 0. The molecule has 0 unspecified atom stereocenters. The lowest BCUT2D eigenvalue weighted by Crippen LogP contribution is -2.42. The van der Waals surface area contributed by atoms with Crippen molar-refractivity contribution in [1.82, 2.24) is 13.9 Å². The number of nitrogens with one attached hydrogen (secondary N) is 1. The topological polar surface area (TPSA) is 52.7 Å². The van der Waals surface area contributed by atoms with Crippen molar-refractivity contribution in [2.24, 2.45) is 5.41 Å². The molecule has 1 N–H and O–H groups in total. The Bertz CT molecular complexity index is 341. The van der Waals surface area contributed by atoms with Crippen molar-refractivity contribution in [2.45, 2.75) is 26.7 Å². The molecule has 5 nitrogen and oxygen atoms in total. The summed E-state index contributed by atoms with van der Waals surface area (Å²) in [6.07, 6.45) is 1.78. The standard InChI is InChI=1S/C11H25N3O2S/c1-11(2)6-9-14(10-11)17(15,16)13(4)8-5-7-12-3/h12H,5-10H2,1-4H3. The molecule has 1 heterocycles. The molecule has 1 aliphatic rings. The summed E-state index contributed by atoms with van der Waals surface area (Å²) in [5.74, 6) is 0. The first-order valence-electron chi connectivity index (χ1n) is 6.16. The summed E-state index contributed by atoms with van der Waals surface area (Å²) in [5.41, 5.74) is 0.110. The molecule has 0 radical (unpaired) electrons. The molecular weight excluding hydrogens is 238 g/mol. The smallest absolute Gasteiger partial charge is 0.281 e. The van der Waals surface area contributed by atoms with Crippen molar-refractivity contribution in [3.63, 3.8) is 0 Å². The molecule has 0 aliphatic carbocycles. The number of hydrogen-bond donors (Lipinski definition) is 1. The van der Waals surface area contributed by atoms with Crippen LogP contribution in [-0.4, -0.2) is 57.3 Å². The van der Waals surface area contributed by atoms with Crippen molar-refractivity contribution in [2.75, 3.05) is 40.3 Å². The van der Waals surface area contributed by atoms with Crippen LogP contribution in [0.3, 0.4) is 0 Å². The Kier molecular flexibility index (Phi) is 4.95. The lowest BCUT2D eigenvalue weighted by atomic mass is 9.93. The number of rotatable bonds is 6. The Morgan fingerprint density at radius 1 is 1.41 bits per heavy atom. The second kappa shape index (κ2) is 5.65. The maximum absolute atomic E-state index is 12.2. The molecule has 0 aromatic rings. The first-order chi connectivity index (χ1) is 7.79. The Labute approximate surface area is 105 Å². The van der Waals surface area contributed by atoms with E-state index in [-0.39, 0.29) is 5.41 Å². The number of hydrogen-bond acceptors (Lipinski definition) is 3. The molecule has 0 spiro atoms. The lowest BCUT2D eigenvalue weighted by molar-refractivity contribution is 0.350. The maximum atomic E-state index is 12.2. The molecule has 0 aromatic heterocycles. The molecular formula is C11H25N3O2S. The van der Waals surface area contributed by atoms with Crippen LogP contribution in [0.4, 0.5) is 0 Å². The van der Waals surface area contributed by atoms with Gasteiger partial charge in [-0.15, -0.1) is 0 Å². The molecule has 1 saturated heterocycles.